The van der Waals surface area contributed by atoms with Gasteiger partial charge in [-0.25, -0.2) is 0 Å². The van der Waals surface area contributed by atoms with Gasteiger partial charge in [-0.2, -0.15) is 0 Å². The van der Waals surface area contributed by atoms with Crippen molar-refractivity contribution in [2.45, 2.75) is 5.41 Å². The van der Waals surface area contributed by atoms with Crippen LogP contribution in [0.1, 0.15) is 22.3 Å². The van der Waals surface area contributed by atoms with E-state index in [4.69, 9.17) is 4.42 Å². The number of nitrogens with zero attached hydrogens (tertiary/aromatic N) is 1. The summed E-state index contributed by atoms with van der Waals surface area (Å²) >= 11 is 0. The quantitative estimate of drug-likeness (QED) is 0.141. The van der Waals surface area contributed by atoms with Crippen LogP contribution in [0, 0.1) is 0 Å². The fraction of sp³-hybridized carbons (Fsp3) is 0.0149. The van der Waals surface area contributed by atoms with Crippen molar-refractivity contribution in [3.63, 3.8) is 0 Å². The molecule has 2 aliphatic rings. The van der Waals surface area contributed by atoms with Gasteiger partial charge in [0.15, 0.2) is 8.07 Å². The largest absolute Gasteiger partial charge is 0.456 e. The van der Waals surface area contributed by atoms with Crippen LogP contribution in [-0.4, -0.2) is 8.07 Å². The van der Waals surface area contributed by atoms with Gasteiger partial charge in [0.05, 0.1) is 5.41 Å². The van der Waals surface area contributed by atoms with E-state index in [1.165, 1.54) is 70.8 Å². The van der Waals surface area contributed by atoms with Crippen LogP contribution in [0.2, 0.25) is 0 Å². The van der Waals surface area contributed by atoms with E-state index in [1.54, 1.807) is 0 Å². The highest BCUT2D eigenvalue weighted by molar-refractivity contribution is 7.22. The molecule has 2 nitrogen and oxygen atoms in total. The minimum atomic E-state index is -2.76. The Morgan fingerprint density at radius 1 is 0.314 bits per heavy atom. The summed E-state index contributed by atoms with van der Waals surface area (Å²) < 4.78 is 6.57. The van der Waals surface area contributed by atoms with Crippen molar-refractivity contribution in [1.82, 2.24) is 0 Å². The summed E-state index contributed by atoms with van der Waals surface area (Å²) in [6.45, 7) is 0. The van der Waals surface area contributed by atoms with Crippen molar-refractivity contribution < 1.29 is 4.42 Å². The molecule has 0 atom stereocenters. The molecule has 1 aliphatic carbocycles. The average Bonchev–Trinajstić information content (AvgIpc) is 4.07. The first-order chi connectivity index (χ1) is 34.7. The Balaban J connectivity index is 0.942. The molecule has 0 fully saturated rings. The first kappa shape index (κ1) is 40.3. The highest BCUT2D eigenvalue weighted by Gasteiger charge is 2.49. The lowest BCUT2D eigenvalue weighted by atomic mass is 9.67. The summed E-state index contributed by atoms with van der Waals surface area (Å²) in [5, 5.41) is 7.82. The third kappa shape index (κ3) is 5.86. The van der Waals surface area contributed by atoms with Gasteiger partial charge >= 0.3 is 0 Å². The van der Waals surface area contributed by atoms with Gasteiger partial charge in [0, 0.05) is 33.9 Å². The van der Waals surface area contributed by atoms with Crippen molar-refractivity contribution in [2.75, 3.05) is 4.90 Å². The molecule has 0 spiro atoms. The van der Waals surface area contributed by atoms with Gasteiger partial charge in [-0.3, -0.25) is 0 Å². The maximum atomic E-state index is 6.57. The Kier molecular flexibility index (Phi) is 9.17. The Labute approximate surface area is 409 Å². The zero-order valence-corrected chi connectivity index (χ0v) is 39.3. The second-order valence-electron chi connectivity index (χ2n) is 18.7. The monoisotopic (exact) mass is 907 g/mol. The number of para-hydroxylation sites is 1. The van der Waals surface area contributed by atoms with Crippen LogP contribution in [0.4, 0.5) is 17.1 Å². The fourth-order valence-corrected chi connectivity index (χ4v) is 17.5. The molecule has 0 bridgehead atoms. The summed E-state index contributed by atoms with van der Waals surface area (Å²) in [4.78, 5) is 2.41. The molecule has 328 valence electrons. The molecule has 1 aliphatic heterocycles. The molecule has 2 heterocycles. The molecule has 0 N–H and O–H groups in total. The number of benzene rings is 11. The standard InChI is InChI=1S/C67H45NOSi/c1-4-19-48(20-5-1)67(49-21-6-2-7-22-49)61-31-14-10-27-55(61)56-41-37-47(43-62(56)67)46-35-38-50(39-36-46)68(52-40-42-58-57-28-11-15-32-63(57)69-64(58)45-52)51-23-18-26-54(44-51)70(53-24-8-3-9-25-53)65-33-16-12-29-59(65)60-30-13-17-34-66(60)70/h1-45H. The van der Waals surface area contributed by atoms with Gasteiger partial charge in [0.25, 0.3) is 0 Å². The van der Waals surface area contributed by atoms with Crippen molar-refractivity contribution in [2.24, 2.45) is 0 Å². The van der Waals surface area contributed by atoms with Gasteiger partial charge in [0.1, 0.15) is 11.2 Å². The molecule has 14 rings (SSSR count). The fourth-order valence-electron chi connectivity index (χ4n) is 12.3. The summed E-state index contributed by atoms with van der Waals surface area (Å²) in [7, 11) is -2.76. The Bertz CT molecular complexity index is 3870. The van der Waals surface area contributed by atoms with Gasteiger partial charge in [-0.15, -0.1) is 0 Å². The van der Waals surface area contributed by atoms with Crippen molar-refractivity contribution in [3.05, 3.63) is 295 Å². The summed E-state index contributed by atoms with van der Waals surface area (Å²) in [6.07, 6.45) is 0. The van der Waals surface area contributed by atoms with Crippen LogP contribution in [0.3, 0.4) is 0 Å². The third-order valence-electron chi connectivity index (χ3n) is 15.2. The molecule has 12 aromatic rings. The zero-order valence-electron chi connectivity index (χ0n) is 38.3. The summed E-state index contributed by atoms with van der Waals surface area (Å²) in [5.41, 5.74) is 17.2. The maximum Gasteiger partial charge on any atom is 0.180 e. The van der Waals surface area contributed by atoms with E-state index in [0.29, 0.717) is 0 Å². The van der Waals surface area contributed by atoms with Gasteiger partial charge in [-0.1, -0.05) is 218 Å². The lowest BCUT2D eigenvalue weighted by molar-refractivity contribution is 0.669. The van der Waals surface area contributed by atoms with E-state index in [-0.39, 0.29) is 0 Å². The first-order valence-electron chi connectivity index (χ1n) is 24.2. The smallest absolute Gasteiger partial charge is 0.180 e. The van der Waals surface area contributed by atoms with Crippen LogP contribution >= 0.6 is 0 Å². The predicted octanol–water partition coefficient (Wildman–Crippen LogP) is 14.4. The number of hydrogen-bond donors (Lipinski definition) is 0. The van der Waals surface area contributed by atoms with E-state index >= 15 is 0 Å². The van der Waals surface area contributed by atoms with Crippen molar-refractivity contribution in [3.8, 4) is 33.4 Å². The second kappa shape index (κ2) is 15.9. The first-order valence-corrected chi connectivity index (χ1v) is 26.2. The highest BCUT2D eigenvalue weighted by Crippen LogP contribution is 2.56. The van der Waals surface area contributed by atoms with E-state index < -0.39 is 13.5 Å². The highest BCUT2D eigenvalue weighted by atomic mass is 28.3. The molecule has 3 heteroatoms. The van der Waals surface area contributed by atoms with Gasteiger partial charge < -0.3 is 9.32 Å². The predicted molar refractivity (Wildman–Crippen MR) is 294 cm³/mol. The molecule has 11 aromatic carbocycles. The molecular formula is C67H45NOSi. The van der Waals surface area contributed by atoms with Crippen LogP contribution in [0.15, 0.2) is 277 Å². The number of furan rings is 1. The van der Waals surface area contributed by atoms with Crippen LogP contribution in [0.5, 0.6) is 0 Å². The van der Waals surface area contributed by atoms with Crippen molar-refractivity contribution in [1.29, 1.82) is 0 Å². The van der Waals surface area contributed by atoms with E-state index in [0.717, 1.165) is 44.6 Å². The number of rotatable bonds is 8. The lowest BCUT2D eigenvalue weighted by Gasteiger charge is -2.34. The SMILES string of the molecule is c1ccc(C2(c3ccccc3)c3ccccc3-c3ccc(-c4ccc(N(c5cccc([Si]6(c7ccccc7)c7ccccc7-c7ccccc76)c5)c5ccc6c(c5)oc5ccccc56)cc4)cc32)cc1. The summed E-state index contributed by atoms with van der Waals surface area (Å²) in [5.74, 6) is 0. The molecule has 70 heavy (non-hydrogen) atoms. The minimum absolute atomic E-state index is 0.470. The number of fused-ring (bicyclic) bond motifs is 9. The third-order valence-corrected chi connectivity index (χ3v) is 20.1. The van der Waals surface area contributed by atoms with E-state index in [1.807, 2.05) is 6.07 Å². The van der Waals surface area contributed by atoms with Gasteiger partial charge in [0.2, 0.25) is 0 Å². The molecule has 0 amide bonds. The normalized spacial score (nSPS) is 13.7. The Morgan fingerprint density at radius 2 is 0.843 bits per heavy atom. The molecule has 1 aromatic heterocycles. The van der Waals surface area contributed by atoms with Crippen LogP contribution in [-0.2, 0) is 5.41 Å². The maximum absolute atomic E-state index is 6.57. The molecule has 0 saturated heterocycles. The number of hydrogen-bond acceptors (Lipinski definition) is 2. The molecule has 0 radical (unpaired) electrons. The molecule has 0 unspecified atom stereocenters. The van der Waals surface area contributed by atoms with Crippen LogP contribution < -0.4 is 25.6 Å². The molecule has 0 saturated carbocycles. The minimum Gasteiger partial charge on any atom is -0.456 e. The summed E-state index contributed by atoms with van der Waals surface area (Å²) in [6, 6.07) is 101. The Hall–Kier alpha value is -8.76. The zero-order chi connectivity index (χ0) is 46.2. The van der Waals surface area contributed by atoms with E-state index in [2.05, 4.69) is 272 Å². The number of anilines is 3. The topological polar surface area (TPSA) is 16.4 Å². The van der Waals surface area contributed by atoms with Crippen molar-refractivity contribution >= 4 is 67.8 Å². The Morgan fingerprint density at radius 3 is 1.56 bits per heavy atom. The van der Waals surface area contributed by atoms with Gasteiger partial charge in [-0.05, 0) is 125 Å². The van der Waals surface area contributed by atoms with Crippen LogP contribution in [0.25, 0.3) is 55.3 Å². The second-order valence-corrected chi connectivity index (χ2v) is 22.4. The van der Waals surface area contributed by atoms with E-state index in [9.17, 15) is 0 Å². The molecular weight excluding hydrogens is 863 g/mol. The lowest BCUT2D eigenvalue weighted by Crippen LogP contribution is -2.72. The average molecular weight is 908 g/mol.